The minimum absolute atomic E-state index is 0.148. The van der Waals surface area contributed by atoms with Crippen molar-refractivity contribution in [1.82, 2.24) is 10.2 Å². The van der Waals surface area contributed by atoms with E-state index in [4.69, 9.17) is 4.74 Å². The number of nitrogens with one attached hydrogen (secondary N) is 1. The second-order valence-electron chi connectivity index (χ2n) is 12.5. The number of ether oxygens (including phenoxy) is 1. The van der Waals surface area contributed by atoms with Crippen LogP contribution in [0.3, 0.4) is 0 Å². The largest absolute Gasteiger partial charge is 0.488 e. The Balaban J connectivity index is 0.966. The van der Waals surface area contributed by atoms with Gasteiger partial charge in [-0.1, -0.05) is 72.8 Å². The van der Waals surface area contributed by atoms with E-state index >= 15 is 0 Å². The van der Waals surface area contributed by atoms with Crippen molar-refractivity contribution in [3.63, 3.8) is 0 Å². The summed E-state index contributed by atoms with van der Waals surface area (Å²) in [5, 5.41) is 3.00. The summed E-state index contributed by atoms with van der Waals surface area (Å²) in [5.41, 5.74) is 7.91. The molecule has 0 saturated heterocycles. The molecule has 0 saturated carbocycles. The van der Waals surface area contributed by atoms with Crippen LogP contribution in [0.15, 0.2) is 97.1 Å². The van der Waals surface area contributed by atoms with Gasteiger partial charge in [-0.2, -0.15) is 13.2 Å². The summed E-state index contributed by atoms with van der Waals surface area (Å²) in [4.78, 5) is 15.1. The van der Waals surface area contributed by atoms with Crippen molar-refractivity contribution in [1.29, 1.82) is 0 Å². The lowest BCUT2D eigenvalue weighted by molar-refractivity contribution is -0.137. The Bertz CT molecular complexity index is 1680. The van der Waals surface area contributed by atoms with Gasteiger partial charge in [-0.3, -0.25) is 9.69 Å². The molecule has 1 aliphatic carbocycles. The summed E-state index contributed by atoms with van der Waals surface area (Å²) < 4.78 is 45.1. The van der Waals surface area contributed by atoms with Gasteiger partial charge in [-0.15, -0.1) is 0 Å². The van der Waals surface area contributed by atoms with Gasteiger partial charge in [0.05, 0.1) is 5.56 Å². The maximum atomic E-state index is 12.8. The summed E-state index contributed by atoms with van der Waals surface area (Å²) in [6.45, 7) is 4.05. The number of rotatable bonds is 11. The van der Waals surface area contributed by atoms with Gasteiger partial charge in [0, 0.05) is 30.8 Å². The second kappa shape index (κ2) is 15.0. The van der Waals surface area contributed by atoms with Crippen molar-refractivity contribution in [2.45, 2.75) is 57.7 Å². The van der Waals surface area contributed by atoms with E-state index in [0.717, 1.165) is 75.2 Å². The van der Waals surface area contributed by atoms with E-state index in [1.807, 2.05) is 6.07 Å². The third-order valence-electron chi connectivity index (χ3n) is 9.22. The predicted molar refractivity (Wildman–Crippen MR) is 181 cm³/mol. The molecule has 1 heterocycles. The average molecular weight is 639 g/mol. The third kappa shape index (κ3) is 8.33. The van der Waals surface area contributed by atoms with Crippen molar-refractivity contribution in [2.24, 2.45) is 0 Å². The lowest BCUT2D eigenvalue weighted by Gasteiger charge is -2.29. The van der Waals surface area contributed by atoms with Crippen LogP contribution < -0.4 is 10.1 Å². The van der Waals surface area contributed by atoms with Crippen LogP contribution >= 0.6 is 0 Å². The van der Waals surface area contributed by atoms with Gasteiger partial charge >= 0.3 is 6.18 Å². The Hall–Kier alpha value is -4.36. The minimum Gasteiger partial charge on any atom is -0.488 e. The number of aryl methyl sites for hydroxylation is 1. The summed E-state index contributed by atoms with van der Waals surface area (Å²) >= 11 is 0. The normalized spacial score (nSPS) is 15.1. The first kappa shape index (κ1) is 32.6. The number of carbonyl (C=O) groups is 1. The van der Waals surface area contributed by atoms with Crippen molar-refractivity contribution in [3.05, 3.63) is 130 Å². The molecular weight excluding hydrogens is 597 g/mol. The van der Waals surface area contributed by atoms with Gasteiger partial charge in [0.25, 0.3) is 5.91 Å². The van der Waals surface area contributed by atoms with Crippen LogP contribution in [-0.2, 0) is 25.6 Å². The highest BCUT2D eigenvalue weighted by Crippen LogP contribution is 2.39. The lowest BCUT2D eigenvalue weighted by atomic mass is 9.86. The molecular formula is C40H41F3N2O2. The molecule has 0 bridgehead atoms. The fourth-order valence-electron chi connectivity index (χ4n) is 6.53. The number of halogens is 3. The molecule has 0 spiro atoms. The molecule has 7 heteroatoms. The van der Waals surface area contributed by atoms with Crippen molar-refractivity contribution in [3.8, 4) is 16.9 Å². The maximum absolute atomic E-state index is 12.8. The fourth-order valence-corrected chi connectivity index (χ4v) is 6.53. The summed E-state index contributed by atoms with van der Waals surface area (Å²) in [5.74, 6) is 0.931. The van der Waals surface area contributed by atoms with E-state index in [-0.39, 0.29) is 5.91 Å². The highest BCUT2D eigenvalue weighted by Gasteiger charge is 2.30. The second-order valence-corrected chi connectivity index (χ2v) is 12.5. The van der Waals surface area contributed by atoms with Crippen molar-refractivity contribution >= 4 is 11.5 Å². The quantitative estimate of drug-likeness (QED) is 0.167. The van der Waals surface area contributed by atoms with Crippen LogP contribution in [-0.4, -0.2) is 37.0 Å². The zero-order valence-electron chi connectivity index (χ0n) is 26.6. The number of hydrogen-bond acceptors (Lipinski definition) is 3. The number of hydrogen-bond donors (Lipinski definition) is 1. The molecule has 0 fully saturated rings. The van der Waals surface area contributed by atoms with Crippen molar-refractivity contribution < 1.29 is 22.7 Å². The topological polar surface area (TPSA) is 41.6 Å². The molecule has 1 aliphatic heterocycles. The standard InChI is InChI=1S/C40H41F3N2O2/c41-40(42,43)35-19-16-31(17-20-35)30-12-14-34(15-13-30)39(46)44-24-6-7-25-45-26-22-33(23-27-45)37-21-18-32-10-4-5-11-36(32)38(37)47-28-29-8-2-1-3-9-29/h1-3,8-9,12-22H,4-7,10-11,23-28H2,(H,44,46). The number of nitrogens with zero attached hydrogens (tertiary/aromatic N) is 1. The van der Waals surface area contributed by atoms with Crippen LogP contribution in [0.2, 0.25) is 0 Å². The van der Waals surface area contributed by atoms with E-state index in [2.05, 4.69) is 52.7 Å². The molecule has 0 unspecified atom stereocenters. The molecule has 47 heavy (non-hydrogen) atoms. The zero-order valence-corrected chi connectivity index (χ0v) is 26.6. The van der Waals surface area contributed by atoms with E-state index in [0.29, 0.717) is 24.3 Å². The SMILES string of the molecule is O=C(NCCCCN1CC=C(c2ccc3c(c2OCc2ccccc2)CCCC3)CC1)c1ccc(-c2ccc(C(F)(F)F)cc2)cc1. The summed E-state index contributed by atoms with van der Waals surface area (Å²) in [6, 6.07) is 27.0. The van der Waals surface area contributed by atoms with E-state index in [9.17, 15) is 18.0 Å². The first-order valence-electron chi connectivity index (χ1n) is 16.6. The smallest absolute Gasteiger partial charge is 0.416 e. The number of amides is 1. The summed E-state index contributed by atoms with van der Waals surface area (Å²) in [6.07, 6.45) is 5.52. The van der Waals surface area contributed by atoms with Gasteiger partial charge in [0.15, 0.2) is 0 Å². The molecule has 1 N–H and O–H groups in total. The predicted octanol–water partition coefficient (Wildman–Crippen LogP) is 9.13. The molecule has 1 amide bonds. The molecule has 6 rings (SSSR count). The summed E-state index contributed by atoms with van der Waals surface area (Å²) in [7, 11) is 0. The lowest BCUT2D eigenvalue weighted by Crippen LogP contribution is -2.30. The Kier molecular flexibility index (Phi) is 10.4. The highest BCUT2D eigenvalue weighted by atomic mass is 19.4. The first-order chi connectivity index (χ1) is 22.8. The van der Waals surface area contributed by atoms with Gasteiger partial charge in [-0.05, 0) is 109 Å². The van der Waals surface area contributed by atoms with Crippen LogP contribution in [0.1, 0.15) is 70.3 Å². The van der Waals surface area contributed by atoms with Gasteiger partial charge in [0.1, 0.15) is 12.4 Å². The van der Waals surface area contributed by atoms with Gasteiger partial charge in [-0.25, -0.2) is 0 Å². The van der Waals surface area contributed by atoms with E-state index < -0.39 is 11.7 Å². The Morgan fingerprint density at radius 1 is 0.809 bits per heavy atom. The molecule has 244 valence electrons. The van der Waals surface area contributed by atoms with Gasteiger partial charge in [0.2, 0.25) is 0 Å². The Morgan fingerprint density at radius 2 is 1.53 bits per heavy atom. The van der Waals surface area contributed by atoms with E-state index in [1.54, 1.807) is 24.3 Å². The fraction of sp³-hybridized carbons (Fsp3) is 0.325. The Morgan fingerprint density at radius 3 is 2.23 bits per heavy atom. The molecule has 0 aromatic heterocycles. The van der Waals surface area contributed by atoms with Crippen LogP contribution in [0.5, 0.6) is 5.75 Å². The zero-order chi connectivity index (χ0) is 32.6. The van der Waals surface area contributed by atoms with Crippen LogP contribution in [0.4, 0.5) is 13.2 Å². The molecule has 4 aromatic rings. The highest BCUT2D eigenvalue weighted by molar-refractivity contribution is 5.94. The molecule has 4 aromatic carbocycles. The van der Waals surface area contributed by atoms with E-state index in [1.165, 1.54) is 52.8 Å². The molecule has 0 radical (unpaired) electrons. The number of alkyl halides is 3. The van der Waals surface area contributed by atoms with Crippen LogP contribution in [0, 0.1) is 0 Å². The molecule has 4 nitrogen and oxygen atoms in total. The third-order valence-corrected chi connectivity index (χ3v) is 9.22. The number of unbranched alkanes of at least 4 members (excludes halogenated alkanes) is 1. The number of benzene rings is 4. The number of carbonyl (C=O) groups excluding carboxylic acids is 1. The number of fused-ring (bicyclic) bond motifs is 1. The van der Waals surface area contributed by atoms with Crippen LogP contribution in [0.25, 0.3) is 16.7 Å². The first-order valence-corrected chi connectivity index (χ1v) is 16.6. The minimum atomic E-state index is -4.36. The monoisotopic (exact) mass is 638 g/mol. The van der Waals surface area contributed by atoms with Gasteiger partial charge < -0.3 is 10.1 Å². The average Bonchev–Trinajstić information content (AvgIpc) is 3.11. The maximum Gasteiger partial charge on any atom is 0.416 e. The molecule has 2 aliphatic rings. The Labute approximate surface area is 275 Å². The molecule has 0 atom stereocenters. The van der Waals surface area contributed by atoms with Crippen molar-refractivity contribution in [2.75, 3.05) is 26.2 Å².